The number of rotatable bonds is 5. The quantitative estimate of drug-likeness (QED) is 0.906. The van der Waals surface area contributed by atoms with Crippen molar-refractivity contribution in [1.29, 1.82) is 0 Å². The Morgan fingerprint density at radius 2 is 2.06 bits per heavy atom. The van der Waals surface area contributed by atoms with E-state index in [1.807, 2.05) is 26.0 Å². The van der Waals surface area contributed by atoms with E-state index in [1.54, 1.807) is 7.11 Å². The Bertz CT molecular complexity index is 439. The van der Waals surface area contributed by atoms with Crippen LogP contribution in [0, 0.1) is 0 Å². The molecule has 0 aliphatic heterocycles. The highest BCUT2D eigenvalue weighted by Crippen LogP contribution is 2.45. The lowest BCUT2D eigenvalue weighted by atomic mass is 10.0. The van der Waals surface area contributed by atoms with Crippen molar-refractivity contribution in [2.45, 2.75) is 44.8 Å². The van der Waals surface area contributed by atoms with Gasteiger partial charge in [0.05, 0.1) is 18.8 Å². The van der Waals surface area contributed by atoms with E-state index >= 15 is 0 Å². The van der Waals surface area contributed by atoms with Crippen molar-refractivity contribution in [2.24, 2.45) is 0 Å². The van der Waals surface area contributed by atoms with Crippen LogP contribution in [-0.2, 0) is 6.42 Å². The molecule has 1 saturated carbocycles. The van der Waals surface area contributed by atoms with Gasteiger partial charge in [0, 0.05) is 16.5 Å². The number of ether oxygens (including phenoxy) is 2. The minimum absolute atomic E-state index is 0.0702. The van der Waals surface area contributed by atoms with Crippen molar-refractivity contribution in [3.8, 4) is 11.5 Å². The lowest BCUT2D eigenvalue weighted by Gasteiger charge is -2.20. The van der Waals surface area contributed by atoms with Crippen LogP contribution in [0.1, 0.15) is 32.3 Å². The third kappa shape index (κ3) is 2.98. The first kappa shape index (κ1) is 13.7. The molecule has 0 unspecified atom stereocenters. The average Bonchev–Trinajstić information content (AvgIpc) is 3.02. The summed E-state index contributed by atoms with van der Waals surface area (Å²) in [5.41, 5.74) is 0.437. The number of hydrogen-bond acceptors (Lipinski definition) is 3. The van der Waals surface area contributed by atoms with E-state index in [9.17, 15) is 5.11 Å². The van der Waals surface area contributed by atoms with Crippen molar-refractivity contribution in [1.82, 2.24) is 0 Å². The molecule has 1 aliphatic carbocycles. The van der Waals surface area contributed by atoms with Gasteiger partial charge in [-0.1, -0.05) is 15.9 Å². The molecule has 0 heterocycles. The molecule has 0 spiro atoms. The van der Waals surface area contributed by atoms with E-state index in [1.165, 1.54) is 0 Å². The first-order chi connectivity index (χ1) is 8.45. The monoisotopic (exact) mass is 314 g/mol. The summed E-state index contributed by atoms with van der Waals surface area (Å²) < 4.78 is 12.2. The van der Waals surface area contributed by atoms with Crippen LogP contribution in [0.4, 0.5) is 0 Å². The first-order valence-corrected chi connectivity index (χ1v) is 6.99. The van der Waals surface area contributed by atoms with Gasteiger partial charge in [-0.2, -0.15) is 0 Å². The predicted octanol–water partition coefficient (Wildman–Crippen LogP) is 3.31. The van der Waals surface area contributed by atoms with Crippen LogP contribution in [0.3, 0.4) is 0 Å². The fourth-order valence-electron chi connectivity index (χ4n) is 1.92. The standard InChI is InChI=1S/C14H19BrO3/c1-9(2)18-13-10(8-14(16)6-7-14)11(15)4-5-12(13)17-3/h4-5,9,16H,6-8H2,1-3H3. The molecule has 0 amide bonds. The molecule has 1 aromatic rings. The van der Waals surface area contributed by atoms with Crippen LogP contribution in [0.15, 0.2) is 16.6 Å². The van der Waals surface area contributed by atoms with E-state index in [2.05, 4.69) is 15.9 Å². The van der Waals surface area contributed by atoms with Gasteiger partial charge in [-0.25, -0.2) is 0 Å². The lowest BCUT2D eigenvalue weighted by molar-refractivity contribution is 0.147. The van der Waals surface area contributed by atoms with E-state index in [4.69, 9.17) is 9.47 Å². The zero-order chi connectivity index (χ0) is 13.3. The van der Waals surface area contributed by atoms with Gasteiger partial charge < -0.3 is 14.6 Å². The molecule has 1 aromatic carbocycles. The van der Waals surface area contributed by atoms with Gasteiger partial charge in [-0.05, 0) is 38.8 Å². The summed E-state index contributed by atoms with van der Waals surface area (Å²) >= 11 is 3.53. The molecule has 100 valence electrons. The zero-order valence-electron chi connectivity index (χ0n) is 11.0. The van der Waals surface area contributed by atoms with Crippen LogP contribution in [-0.4, -0.2) is 23.9 Å². The Hall–Kier alpha value is -0.740. The molecule has 0 radical (unpaired) electrons. The molecule has 0 saturated heterocycles. The van der Waals surface area contributed by atoms with Gasteiger partial charge in [0.2, 0.25) is 0 Å². The summed E-state index contributed by atoms with van der Waals surface area (Å²) in [7, 11) is 1.63. The molecule has 1 N–H and O–H groups in total. The fraction of sp³-hybridized carbons (Fsp3) is 0.571. The maximum atomic E-state index is 10.1. The molecular formula is C14H19BrO3. The number of aliphatic hydroxyl groups is 1. The van der Waals surface area contributed by atoms with Gasteiger partial charge in [0.25, 0.3) is 0 Å². The molecule has 3 nitrogen and oxygen atoms in total. The number of hydrogen-bond donors (Lipinski definition) is 1. The molecule has 0 bridgehead atoms. The number of benzene rings is 1. The molecule has 4 heteroatoms. The summed E-state index contributed by atoms with van der Waals surface area (Å²) in [6.07, 6.45) is 2.39. The van der Waals surface area contributed by atoms with E-state index in [-0.39, 0.29) is 6.10 Å². The summed E-state index contributed by atoms with van der Waals surface area (Å²) in [5.74, 6) is 1.45. The van der Waals surface area contributed by atoms with Crippen LogP contribution in [0.2, 0.25) is 0 Å². The number of methoxy groups -OCH3 is 1. The highest BCUT2D eigenvalue weighted by molar-refractivity contribution is 9.10. The Labute approximate surface area is 116 Å². The van der Waals surface area contributed by atoms with E-state index in [0.717, 1.165) is 28.6 Å². The molecular weight excluding hydrogens is 296 g/mol. The maximum absolute atomic E-state index is 10.1. The summed E-state index contributed by atoms with van der Waals surface area (Å²) in [4.78, 5) is 0. The Morgan fingerprint density at radius 1 is 1.39 bits per heavy atom. The highest BCUT2D eigenvalue weighted by Gasteiger charge is 2.41. The van der Waals surface area contributed by atoms with Crippen LogP contribution in [0.5, 0.6) is 11.5 Å². The molecule has 18 heavy (non-hydrogen) atoms. The highest BCUT2D eigenvalue weighted by atomic mass is 79.9. The van der Waals surface area contributed by atoms with Crippen molar-refractivity contribution in [2.75, 3.05) is 7.11 Å². The minimum atomic E-state index is -0.552. The van der Waals surface area contributed by atoms with Crippen LogP contribution in [0.25, 0.3) is 0 Å². The second-order valence-electron chi connectivity index (χ2n) is 5.13. The lowest BCUT2D eigenvalue weighted by Crippen LogP contribution is -2.15. The van der Waals surface area contributed by atoms with Crippen molar-refractivity contribution in [3.63, 3.8) is 0 Å². The topological polar surface area (TPSA) is 38.7 Å². The normalized spacial score (nSPS) is 16.8. The molecule has 1 fully saturated rings. The summed E-state index contributed by atoms with van der Waals surface area (Å²) in [5, 5.41) is 10.1. The smallest absolute Gasteiger partial charge is 0.165 e. The van der Waals surface area contributed by atoms with Gasteiger partial charge in [0.1, 0.15) is 0 Å². The first-order valence-electron chi connectivity index (χ1n) is 6.19. The van der Waals surface area contributed by atoms with Gasteiger partial charge in [0.15, 0.2) is 11.5 Å². The van der Waals surface area contributed by atoms with Crippen molar-refractivity contribution >= 4 is 15.9 Å². The van der Waals surface area contributed by atoms with Gasteiger partial charge >= 0.3 is 0 Å². The molecule has 1 aliphatic rings. The minimum Gasteiger partial charge on any atom is -0.493 e. The number of halogens is 1. The van der Waals surface area contributed by atoms with Crippen LogP contribution < -0.4 is 9.47 Å². The van der Waals surface area contributed by atoms with E-state index < -0.39 is 5.60 Å². The van der Waals surface area contributed by atoms with Crippen molar-refractivity contribution < 1.29 is 14.6 Å². The summed E-state index contributed by atoms with van der Waals surface area (Å²) in [6.45, 7) is 3.96. The van der Waals surface area contributed by atoms with E-state index in [0.29, 0.717) is 12.2 Å². The predicted molar refractivity (Wildman–Crippen MR) is 74.3 cm³/mol. The van der Waals surface area contributed by atoms with Crippen molar-refractivity contribution in [3.05, 3.63) is 22.2 Å². The third-order valence-electron chi connectivity index (χ3n) is 3.07. The SMILES string of the molecule is COc1ccc(Br)c(CC2(O)CC2)c1OC(C)C. The van der Waals surface area contributed by atoms with Gasteiger partial charge in [-0.15, -0.1) is 0 Å². The Kier molecular flexibility index (Phi) is 3.87. The van der Waals surface area contributed by atoms with Gasteiger partial charge in [-0.3, -0.25) is 0 Å². The second-order valence-corrected chi connectivity index (χ2v) is 5.98. The third-order valence-corrected chi connectivity index (χ3v) is 3.82. The zero-order valence-corrected chi connectivity index (χ0v) is 12.6. The average molecular weight is 315 g/mol. The summed E-state index contributed by atoms with van der Waals surface area (Å²) in [6, 6.07) is 3.81. The molecule has 0 aromatic heterocycles. The Morgan fingerprint density at radius 3 is 2.56 bits per heavy atom. The molecule has 2 rings (SSSR count). The maximum Gasteiger partial charge on any atom is 0.165 e. The molecule has 0 atom stereocenters. The van der Waals surface area contributed by atoms with Crippen LogP contribution >= 0.6 is 15.9 Å². The largest absolute Gasteiger partial charge is 0.493 e. The fourth-order valence-corrected chi connectivity index (χ4v) is 2.38. The Balaban J connectivity index is 2.39. The second kappa shape index (κ2) is 5.10.